The number of halogens is 3. The SMILES string of the molecule is CC(C)Oc1ccc(Cl)cc1[CH]=[Ru]([Cl])[Cl].Cc1ccc(N2[CH-]N(c3c(C)cc(C)cc3C)CC2)c(C)c1. The smallest absolute Gasteiger partial charge is 0.0146 e. The molecule has 0 spiro atoms. The number of nitrogens with zero attached hydrogens (tertiary/aromatic N) is 2. The van der Waals surface area contributed by atoms with Crippen molar-refractivity contribution >= 4 is 47.0 Å². The Morgan fingerprint density at radius 3 is 2.05 bits per heavy atom. The molecule has 0 aromatic heterocycles. The minimum atomic E-state index is -1.85. The molecule has 7 heteroatoms. The fourth-order valence-electron chi connectivity index (χ4n) is 4.65. The van der Waals surface area contributed by atoms with E-state index in [2.05, 4.69) is 81.4 Å². The standard InChI is InChI=1S/C20H25N2.C10H11ClO.2ClH.Ru/c1-14-6-7-19(16(3)10-14)21-8-9-22(13-21)20-17(4)11-15(2)12-18(20)5;1-7(2)12-10-5-4-9(11)6-8(10)3;;;/h6-7,10-13H,8-9H2,1-5H3;3-7H,1-2H3;2*1H;/q-1;;;;+2/p-2. The van der Waals surface area contributed by atoms with Crippen molar-refractivity contribution in [3.63, 3.8) is 0 Å². The molecule has 3 aromatic carbocycles. The molecule has 3 nitrogen and oxygen atoms in total. The Balaban J connectivity index is 0.000000222. The fraction of sp³-hybridized carbons (Fsp3) is 0.333. The zero-order valence-electron chi connectivity index (χ0n) is 22.6. The summed E-state index contributed by atoms with van der Waals surface area (Å²) in [6.07, 6.45) is 0.115. The molecule has 202 valence electrons. The van der Waals surface area contributed by atoms with Crippen LogP contribution in [0.2, 0.25) is 5.02 Å². The molecule has 37 heavy (non-hydrogen) atoms. The molecule has 1 saturated heterocycles. The maximum atomic E-state index is 5.89. The van der Waals surface area contributed by atoms with Crippen molar-refractivity contribution in [3.8, 4) is 5.75 Å². The van der Waals surface area contributed by atoms with Gasteiger partial charge in [0.05, 0.1) is 0 Å². The molecule has 0 aliphatic carbocycles. The molecular formula is C30H36Cl3N2ORu-. The van der Waals surface area contributed by atoms with E-state index in [9.17, 15) is 0 Å². The van der Waals surface area contributed by atoms with Crippen molar-refractivity contribution < 1.29 is 18.3 Å². The number of benzene rings is 3. The summed E-state index contributed by atoms with van der Waals surface area (Å²) in [5.74, 6) is 0.773. The van der Waals surface area contributed by atoms with Gasteiger partial charge in [-0.15, -0.1) is 0 Å². The first-order valence-corrected chi connectivity index (χ1v) is 18.1. The Kier molecular flexibility index (Phi) is 10.9. The van der Waals surface area contributed by atoms with E-state index in [1.807, 2.05) is 30.6 Å². The summed E-state index contributed by atoms with van der Waals surface area (Å²) in [4.78, 5) is 4.76. The summed E-state index contributed by atoms with van der Waals surface area (Å²) in [5, 5.41) is 0.654. The van der Waals surface area contributed by atoms with Crippen molar-refractivity contribution in [2.24, 2.45) is 0 Å². The molecular weight excluding hydrogens is 612 g/mol. The third-order valence-corrected chi connectivity index (χ3v) is 8.03. The van der Waals surface area contributed by atoms with Gasteiger partial charge in [0.15, 0.2) is 0 Å². The van der Waals surface area contributed by atoms with Gasteiger partial charge in [0, 0.05) is 24.5 Å². The quantitative estimate of drug-likeness (QED) is 0.203. The van der Waals surface area contributed by atoms with E-state index in [1.165, 1.54) is 39.2 Å². The molecule has 0 bridgehead atoms. The van der Waals surface area contributed by atoms with Crippen LogP contribution in [0.15, 0.2) is 48.5 Å². The molecule has 1 aliphatic heterocycles. The second kappa shape index (κ2) is 13.5. The van der Waals surface area contributed by atoms with Gasteiger partial charge in [-0.05, 0) is 57.4 Å². The number of hydrogen-bond donors (Lipinski definition) is 0. The molecule has 0 unspecified atom stereocenters. The first-order valence-electron chi connectivity index (χ1n) is 12.3. The van der Waals surface area contributed by atoms with Crippen LogP contribution in [0.1, 0.15) is 47.2 Å². The van der Waals surface area contributed by atoms with Gasteiger partial charge >= 0.3 is 108 Å². The topological polar surface area (TPSA) is 15.7 Å². The molecule has 1 heterocycles. The van der Waals surface area contributed by atoms with Crippen LogP contribution in [-0.2, 0) is 13.5 Å². The number of ether oxygens (including phenoxy) is 1. The normalized spacial score (nSPS) is 13.4. The van der Waals surface area contributed by atoms with Crippen molar-refractivity contribution in [1.82, 2.24) is 0 Å². The monoisotopic (exact) mass is 647 g/mol. The molecule has 4 rings (SSSR count). The zero-order valence-corrected chi connectivity index (χ0v) is 26.6. The second-order valence-electron chi connectivity index (χ2n) is 9.70. The summed E-state index contributed by atoms with van der Waals surface area (Å²) in [5.41, 5.74) is 10.3. The number of hydrogen-bond acceptors (Lipinski definition) is 3. The first kappa shape index (κ1) is 30.0. The van der Waals surface area contributed by atoms with Gasteiger partial charge in [-0.3, -0.25) is 0 Å². The van der Waals surface area contributed by atoms with E-state index in [-0.39, 0.29) is 6.10 Å². The average molecular weight is 648 g/mol. The summed E-state index contributed by atoms with van der Waals surface area (Å²) >= 11 is 4.04. The Morgan fingerprint density at radius 1 is 0.838 bits per heavy atom. The van der Waals surface area contributed by atoms with Gasteiger partial charge in [0.2, 0.25) is 0 Å². The van der Waals surface area contributed by atoms with Crippen molar-refractivity contribution in [3.05, 3.63) is 93.6 Å². The van der Waals surface area contributed by atoms with E-state index >= 15 is 0 Å². The van der Waals surface area contributed by atoms with E-state index in [0.29, 0.717) is 5.02 Å². The summed E-state index contributed by atoms with van der Waals surface area (Å²) in [6, 6.07) is 16.7. The largest absolute Gasteiger partial charge is 0.502 e. The van der Waals surface area contributed by atoms with Gasteiger partial charge in [0.25, 0.3) is 0 Å². The van der Waals surface area contributed by atoms with Crippen LogP contribution in [0.5, 0.6) is 5.75 Å². The molecule has 0 radical (unpaired) electrons. The van der Waals surface area contributed by atoms with Crippen LogP contribution < -0.4 is 14.5 Å². The van der Waals surface area contributed by atoms with Crippen LogP contribution in [-0.4, -0.2) is 23.8 Å². The summed E-state index contributed by atoms with van der Waals surface area (Å²) in [7, 11) is 11.7. The molecule has 1 fully saturated rings. The summed E-state index contributed by atoms with van der Waals surface area (Å²) in [6.45, 7) is 19.2. The second-order valence-corrected chi connectivity index (χ2v) is 15.9. The molecule has 3 aromatic rings. The average Bonchev–Trinajstić information content (AvgIpc) is 3.24. The maximum Gasteiger partial charge on any atom is 0.0146 e. The number of aryl methyl sites for hydroxylation is 5. The van der Waals surface area contributed by atoms with Gasteiger partial charge in [-0.2, -0.15) is 6.67 Å². The van der Waals surface area contributed by atoms with Crippen LogP contribution >= 0.6 is 31.0 Å². The molecule has 1 aliphatic rings. The van der Waals surface area contributed by atoms with E-state index in [0.717, 1.165) is 24.4 Å². The molecule has 0 saturated carbocycles. The number of rotatable bonds is 5. The number of anilines is 2. The zero-order chi connectivity index (χ0) is 27.3. The van der Waals surface area contributed by atoms with E-state index in [1.54, 1.807) is 6.07 Å². The Morgan fingerprint density at radius 2 is 1.46 bits per heavy atom. The predicted molar refractivity (Wildman–Crippen MR) is 160 cm³/mol. The maximum absolute atomic E-state index is 5.89. The molecule has 0 N–H and O–H groups in total. The Hall–Kier alpha value is -1.58. The Bertz CT molecular complexity index is 1250. The molecule has 0 atom stereocenters. The van der Waals surface area contributed by atoms with Crippen LogP contribution in [0.4, 0.5) is 11.4 Å². The van der Waals surface area contributed by atoms with Crippen LogP contribution in [0.25, 0.3) is 0 Å². The third kappa shape index (κ3) is 8.45. The van der Waals surface area contributed by atoms with E-state index in [4.69, 9.17) is 35.7 Å². The summed E-state index contributed by atoms with van der Waals surface area (Å²) < 4.78 is 7.45. The van der Waals surface area contributed by atoms with Gasteiger partial charge in [0.1, 0.15) is 0 Å². The van der Waals surface area contributed by atoms with Gasteiger partial charge in [-0.1, -0.05) is 35.4 Å². The minimum absolute atomic E-state index is 0.115. The fourth-order valence-corrected chi connectivity index (χ4v) is 6.61. The van der Waals surface area contributed by atoms with Crippen LogP contribution in [0, 0.1) is 41.3 Å². The van der Waals surface area contributed by atoms with Crippen molar-refractivity contribution in [2.45, 2.75) is 54.6 Å². The molecule has 0 amide bonds. The van der Waals surface area contributed by atoms with Crippen molar-refractivity contribution in [1.29, 1.82) is 0 Å². The minimum Gasteiger partial charge on any atom is -0.502 e. The van der Waals surface area contributed by atoms with Gasteiger partial charge in [-0.25, -0.2) is 0 Å². The predicted octanol–water partition coefficient (Wildman–Crippen LogP) is 8.88. The van der Waals surface area contributed by atoms with E-state index < -0.39 is 13.5 Å². The van der Waals surface area contributed by atoms with Gasteiger partial charge < -0.3 is 9.80 Å². The first-order chi connectivity index (χ1) is 17.4. The third-order valence-electron chi connectivity index (χ3n) is 5.97. The van der Waals surface area contributed by atoms with Crippen molar-refractivity contribution in [2.75, 3.05) is 22.9 Å². The van der Waals surface area contributed by atoms with Crippen LogP contribution in [0.3, 0.4) is 0 Å². The Labute approximate surface area is 240 Å².